The molecule has 124 valence electrons. The second-order valence-electron chi connectivity index (χ2n) is 6.18. The van der Waals surface area contributed by atoms with Crippen LogP contribution < -0.4 is 0 Å². The molecule has 6 nitrogen and oxygen atoms in total. The lowest BCUT2D eigenvalue weighted by Gasteiger charge is -2.34. The zero-order valence-corrected chi connectivity index (χ0v) is 13.3. The van der Waals surface area contributed by atoms with Crippen molar-refractivity contribution in [1.82, 2.24) is 24.8 Å². The Morgan fingerprint density at radius 1 is 1.33 bits per heavy atom. The molecule has 1 fully saturated rings. The molecule has 0 aliphatic carbocycles. The summed E-state index contributed by atoms with van der Waals surface area (Å²) in [4.78, 5) is 29.5. The van der Waals surface area contributed by atoms with E-state index in [0.29, 0.717) is 34.9 Å². The Morgan fingerprint density at radius 2 is 2.21 bits per heavy atom. The van der Waals surface area contributed by atoms with Gasteiger partial charge in [-0.25, -0.2) is 14.4 Å². The molecule has 1 aliphatic heterocycles. The van der Waals surface area contributed by atoms with Crippen LogP contribution in [0, 0.1) is 12.7 Å². The van der Waals surface area contributed by atoms with Gasteiger partial charge in [-0.05, 0) is 44.4 Å². The number of amides is 1. The second kappa shape index (κ2) is 5.74. The van der Waals surface area contributed by atoms with Crippen LogP contribution in [0.4, 0.5) is 4.39 Å². The van der Waals surface area contributed by atoms with E-state index in [1.807, 2.05) is 11.8 Å². The van der Waals surface area contributed by atoms with Gasteiger partial charge in [-0.3, -0.25) is 4.79 Å². The topological polar surface area (TPSA) is 77.7 Å². The van der Waals surface area contributed by atoms with Crippen LogP contribution in [0.3, 0.4) is 0 Å². The second-order valence-corrected chi connectivity index (χ2v) is 6.18. The van der Waals surface area contributed by atoms with Crippen molar-refractivity contribution in [3.05, 3.63) is 47.6 Å². The fraction of sp³-hybridized carbons (Fsp3) is 0.353. The van der Waals surface area contributed by atoms with Crippen LogP contribution in [0.15, 0.2) is 24.4 Å². The third kappa shape index (κ3) is 2.55. The van der Waals surface area contributed by atoms with Crippen LogP contribution in [0.5, 0.6) is 0 Å². The fourth-order valence-corrected chi connectivity index (χ4v) is 3.30. The van der Waals surface area contributed by atoms with Crippen LogP contribution >= 0.6 is 0 Å². The predicted molar refractivity (Wildman–Crippen MR) is 87.0 cm³/mol. The molecule has 1 saturated heterocycles. The van der Waals surface area contributed by atoms with E-state index in [1.165, 1.54) is 12.1 Å². The molecule has 2 aromatic heterocycles. The number of hydrogen-bond acceptors (Lipinski definition) is 3. The van der Waals surface area contributed by atoms with Crippen LogP contribution in [0.2, 0.25) is 0 Å². The summed E-state index contributed by atoms with van der Waals surface area (Å²) in [5, 5.41) is 0. The number of rotatable bonds is 2. The Hall–Kier alpha value is -2.70. The molecule has 0 saturated carbocycles. The Bertz CT molecular complexity index is 899. The summed E-state index contributed by atoms with van der Waals surface area (Å²) in [5.41, 5.74) is 1.85. The average molecular weight is 327 g/mol. The molecule has 3 heterocycles. The first kappa shape index (κ1) is 14.9. The van der Waals surface area contributed by atoms with Crippen LogP contribution in [-0.4, -0.2) is 37.3 Å². The molecule has 0 radical (unpaired) electrons. The molecule has 1 aromatic carbocycles. The van der Waals surface area contributed by atoms with Crippen LogP contribution in [0.1, 0.15) is 47.4 Å². The maximum Gasteiger partial charge on any atom is 0.272 e. The van der Waals surface area contributed by atoms with E-state index in [2.05, 4.69) is 19.9 Å². The predicted octanol–water partition coefficient (Wildman–Crippen LogP) is 3.10. The molecule has 1 amide bonds. The standard InChI is InChI=1S/C17H18FN5O/c1-10-19-9-14(20-10)17(24)23-7-3-2-4-15(23)16-21-12-6-5-11(18)8-13(12)22-16/h5-6,8-9,15H,2-4,7H2,1H3,(H,19,20)(H,21,22). The lowest BCUT2D eigenvalue weighted by molar-refractivity contribution is 0.0595. The van der Waals surface area contributed by atoms with Crippen molar-refractivity contribution in [1.29, 1.82) is 0 Å². The number of carbonyl (C=O) groups is 1. The summed E-state index contributed by atoms with van der Waals surface area (Å²) in [6, 6.07) is 4.34. The van der Waals surface area contributed by atoms with Gasteiger partial charge < -0.3 is 14.9 Å². The van der Waals surface area contributed by atoms with Gasteiger partial charge in [0.25, 0.3) is 5.91 Å². The first-order chi connectivity index (χ1) is 11.6. The summed E-state index contributed by atoms with van der Waals surface area (Å²) >= 11 is 0. The number of aromatic amines is 2. The van der Waals surface area contributed by atoms with Crippen molar-refractivity contribution in [2.45, 2.75) is 32.2 Å². The minimum absolute atomic E-state index is 0.0769. The molecule has 0 bridgehead atoms. The summed E-state index contributed by atoms with van der Waals surface area (Å²) in [7, 11) is 0. The van der Waals surface area contributed by atoms with Crippen molar-refractivity contribution >= 4 is 16.9 Å². The maximum absolute atomic E-state index is 13.4. The lowest BCUT2D eigenvalue weighted by atomic mass is 10.0. The Kier molecular flexibility index (Phi) is 3.55. The van der Waals surface area contributed by atoms with E-state index in [-0.39, 0.29) is 17.8 Å². The number of carbonyl (C=O) groups excluding carboxylic acids is 1. The fourth-order valence-electron chi connectivity index (χ4n) is 3.30. The molecule has 0 spiro atoms. The van der Waals surface area contributed by atoms with Gasteiger partial charge in [0.2, 0.25) is 0 Å². The molecule has 24 heavy (non-hydrogen) atoms. The van der Waals surface area contributed by atoms with E-state index in [9.17, 15) is 9.18 Å². The van der Waals surface area contributed by atoms with Gasteiger partial charge >= 0.3 is 0 Å². The third-order valence-electron chi connectivity index (χ3n) is 4.47. The molecule has 7 heteroatoms. The number of nitrogens with one attached hydrogen (secondary N) is 2. The summed E-state index contributed by atoms with van der Waals surface area (Å²) in [6.45, 7) is 2.49. The lowest BCUT2D eigenvalue weighted by Crippen LogP contribution is -2.39. The Morgan fingerprint density at radius 3 is 3.00 bits per heavy atom. The molecular weight excluding hydrogens is 309 g/mol. The van der Waals surface area contributed by atoms with Crippen molar-refractivity contribution in [2.24, 2.45) is 0 Å². The molecule has 4 rings (SSSR count). The number of benzene rings is 1. The molecule has 1 atom stereocenters. The number of H-pyrrole nitrogens is 2. The number of piperidine rings is 1. The van der Waals surface area contributed by atoms with Crippen LogP contribution in [0.25, 0.3) is 11.0 Å². The van der Waals surface area contributed by atoms with E-state index in [4.69, 9.17) is 0 Å². The zero-order valence-electron chi connectivity index (χ0n) is 13.3. The average Bonchev–Trinajstić information content (AvgIpc) is 3.20. The normalized spacial score (nSPS) is 18.2. The van der Waals surface area contributed by atoms with Gasteiger partial charge in [0, 0.05) is 6.54 Å². The van der Waals surface area contributed by atoms with Gasteiger partial charge in [0.05, 0.1) is 23.3 Å². The SMILES string of the molecule is Cc1ncc(C(=O)N2CCCCC2c2nc3ccc(F)cc3[nH]2)[nH]1. The summed E-state index contributed by atoms with van der Waals surface area (Å²) < 4.78 is 13.4. The van der Waals surface area contributed by atoms with E-state index in [1.54, 1.807) is 12.3 Å². The summed E-state index contributed by atoms with van der Waals surface area (Å²) in [6.07, 6.45) is 4.39. The minimum Gasteiger partial charge on any atom is -0.340 e. The number of nitrogens with zero attached hydrogens (tertiary/aromatic N) is 3. The highest BCUT2D eigenvalue weighted by Crippen LogP contribution is 2.31. The number of imidazole rings is 2. The number of halogens is 1. The smallest absolute Gasteiger partial charge is 0.272 e. The van der Waals surface area contributed by atoms with Gasteiger partial charge in [0.15, 0.2) is 0 Å². The van der Waals surface area contributed by atoms with Gasteiger partial charge in [0.1, 0.15) is 23.2 Å². The zero-order chi connectivity index (χ0) is 16.7. The Balaban J connectivity index is 1.69. The van der Waals surface area contributed by atoms with Crippen molar-refractivity contribution in [2.75, 3.05) is 6.54 Å². The molecule has 1 aliphatic rings. The molecule has 2 N–H and O–H groups in total. The highest BCUT2D eigenvalue weighted by Gasteiger charge is 2.31. The van der Waals surface area contributed by atoms with Gasteiger partial charge in [-0.1, -0.05) is 0 Å². The van der Waals surface area contributed by atoms with Crippen molar-refractivity contribution < 1.29 is 9.18 Å². The highest BCUT2D eigenvalue weighted by atomic mass is 19.1. The number of aromatic nitrogens is 4. The largest absolute Gasteiger partial charge is 0.340 e. The number of aryl methyl sites for hydroxylation is 1. The van der Waals surface area contributed by atoms with Gasteiger partial charge in [-0.2, -0.15) is 0 Å². The maximum atomic E-state index is 13.4. The first-order valence-electron chi connectivity index (χ1n) is 8.09. The third-order valence-corrected chi connectivity index (χ3v) is 4.47. The Labute approximate surface area is 138 Å². The monoisotopic (exact) mass is 327 g/mol. The van der Waals surface area contributed by atoms with E-state index in [0.717, 1.165) is 19.3 Å². The molecule has 1 unspecified atom stereocenters. The van der Waals surface area contributed by atoms with Gasteiger partial charge in [-0.15, -0.1) is 0 Å². The number of likely N-dealkylation sites (tertiary alicyclic amines) is 1. The molecular formula is C17H18FN5O. The number of hydrogen-bond donors (Lipinski definition) is 2. The minimum atomic E-state index is -0.304. The van der Waals surface area contributed by atoms with Crippen molar-refractivity contribution in [3.8, 4) is 0 Å². The van der Waals surface area contributed by atoms with Crippen LogP contribution in [-0.2, 0) is 0 Å². The quantitative estimate of drug-likeness (QED) is 0.759. The van der Waals surface area contributed by atoms with E-state index >= 15 is 0 Å². The highest BCUT2D eigenvalue weighted by molar-refractivity contribution is 5.92. The molecule has 3 aromatic rings. The van der Waals surface area contributed by atoms with Crippen molar-refractivity contribution in [3.63, 3.8) is 0 Å². The summed E-state index contributed by atoms with van der Waals surface area (Å²) in [5.74, 6) is 1.04. The number of fused-ring (bicyclic) bond motifs is 1. The first-order valence-corrected chi connectivity index (χ1v) is 8.09. The van der Waals surface area contributed by atoms with E-state index < -0.39 is 0 Å².